The monoisotopic (exact) mass is 418 g/mol. The van der Waals surface area contributed by atoms with Crippen molar-refractivity contribution in [3.8, 4) is 17.2 Å². The van der Waals surface area contributed by atoms with Crippen molar-refractivity contribution >= 4 is 33.6 Å². The van der Waals surface area contributed by atoms with Crippen molar-refractivity contribution in [3.05, 3.63) is 76.6 Å². The molecule has 8 nitrogen and oxygen atoms in total. The van der Waals surface area contributed by atoms with Crippen molar-refractivity contribution in [1.82, 2.24) is 9.88 Å². The summed E-state index contributed by atoms with van der Waals surface area (Å²) in [4.78, 5) is 35.6. The number of aryl methyl sites for hydroxylation is 1. The van der Waals surface area contributed by atoms with Crippen LogP contribution in [0.25, 0.3) is 21.7 Å². The molecule has 8 heteroatoms. The highest BCUT2D eigenvalue weighted by Gasteiger charge is 2.22. The van der Waals surface area contributed by atoms with Gasteiger partial charge in [-0.05, 0) is 41.1 Å². The van der Waals surface area contributed by atoms with E-state index in [1.807, 2.05) is 42.5 Å². The summed E-state index contributed by atoms with van der Waals surface area (Å²) in [6.45, 7) is -0.676. The van der Waals surface area contributed by atoms with Crippen LogP contribution in [0.4, 0.5) is 0 Å². The number of carbonyl (C=O) groups is 2. The summed E-state index contributed by atoms with van der Waals surface area (Å²) in [5, 5.41) is 23.8. The van der Waals surface area contributed by atoms with E-state index >= 15 is 0 Å². The molecule has 0 aliphatic rings. The Hall–Kier alpha value is -4.33. The van der Waals surface area contributed by atoms with E-state index in [1.165, 1.54) is 17.7 Å². The molecular formula is C23H18N2O6. The van der Waals surface area contributed by atoms with Gasteiger partial charge in [-0.2, -0.15) is 0 Å². The van der Waals surface area contributed by atoms with Crippen LogP contribution in [0.2, 0.25) is 0 Å². The molecule has 1 heterocycles. The van der Waals surface area contributed by atoms with Gasteiger partial charge >= 0.3 is 5.97 Å². The lowest BCUT2D eigenvalue weighted by Gasteiger charge is -2.13. The molecule has 4 aromatic rings. The van der Waals surface area contributed by atoms with E-state index in [-0.39, 0.29) is 5.39 Å². The van der Waals surface area contributed by atoms with Crippen molar-refractivity contribution in [2.45, 2.75) is 0 Å². The molecule has 0 atom stereocenters. The Kier molecular flexibility index (Phi) is 5.04. The number of aromatic nitrogens is 1. The number of rotatable bonds is 5. The van der Waals surface area contributed by atoms with E-state index in [4.69, 9.17) is 9.84 Å². The number of aliphatic carboxylic acids is 1. The van der Waals surface area contributed by atoms with Gasteiger partial charge in [-0.3, -0.25) is 14.4 Å². The summed E-state index contributed by atoms with van der Waals surface area (Å²) in [5.74, 6) is -1.79. The van der Waals surface area contributed by atoms with Crippen molar-refractivity contribution in [2.24, 2.45) is 7.05 Å². The third-order valence-electron chi connectivity index (χ3n) is 4.92. The first-order valence-electron chi connectivity index (χ1n) is 9.37. The highest BCUT2D eigenvalue weighted by Crippen LogP contribution is 2.32. The Morgan fingerprint density at radius 3 is 2.42 bits per heavy atom. The number of hydrogen-bond donors (Lipinski definition) is 3. The average molecular weight is 418 g/mol. The lowest BCUT2D eigenvalue weighted by atomic mass is 10.1. The SMILES string of the molecule is Cn1c(=O)c(C(=O)NCC(=O)O)c(O)c2cc(Oc3ccc4ccccc4c3)ccc21. The van der Waals surface area contributed by atoms with Gasteiger partial charge in [0.05, 0.1) is 5.52 Å². The van der Waals surface area contributed by atoms with Crippen LogP contribution in [-0.2, 0) is 11.8 Å². The number of nitrogens with one attached hydrogen (secondary N) is 1. The van der Waals surface area contributed by atoms with Crippen LogP contribution in [0.5, 0.6) is 17.2 Å². The molecule has 0 saturated heterocycles. The fraction of sp³-hybridized carbons (Fsp3) is 0.0870. The van der Waals surface area contributed by atoms with Crippen LogP contribution >= 0.6 is 0 Å². The van der Waals surface area contributed by atoms with Crippen molar-refractivity contribution in [1.29, 1.82) is 0 Å². The molecule has 156 valence electrons. The molecule has 4 rings (SSSR count). The third kappa shape index (κ3) is 3.78. The number of hydrogen-bond acceptors (Lipinski definition) is 5. The minimum absolute atomic E-state index is 0.223. The number of carbonyl (C=O) groups excluding carboxylic acids is 1. The number of benzene rings is 3. The molecule has 0 radical (unpaired) electrons. The molecule has 0 unspecified atom stereocenters. The summed E-state index contributed by atoms with van der Waals surface area (Å²) in [7, 11) is 1.46. The molecule has 0 spiro atoms. The summed E-state index contributed by atoms with van der Waals surface area (Å²) in [5.41, 5.74) is -0.877. The van der Waals surface area contributed by atoms with E-state index in [9.17, 15) is 19.5 Å². The number of carboxylic acid groups (broad SMARTS) is 1. The van der Waals surface area contributed by atoms with Crippen LogP contribution in [0.1, 0.15) is 10.4 Å². The van der Waals surface area contributed by atoms with Crippen molar-refractivity contribution in [3.63, 3.8) is 0 Å². The van der Waals surface area contributed by atoms with E-state index < -0.39 is 35.3 Å². The molecule has 0 aliphatic heterocycles. The number of ether oxygens (including phenoxy) is 1. The van der Waals surface area contributed by atoms with Crippen LogP contribution in [0, 0.1) is 0 Å². The molecule has 0 saturated carbocycles. The second kappa shape index (κ2) is 7.83. The molecule has 0 bridgehead atoms. The Balaban J connectivity index is 1.75. The maximum atomic E-state index is 12.6. The normalized spacial score (nSPS) is 10.9. The lowest BCUT2D eigenvalue weighted by molar-refractivity contribution is -0.135. The van der Waals surface area contributed by atoms with Crippen LogP contribution in [-0.4, -0.2) is 33.2 Å². The predicted molar refractivity (Wildman–Crippen MR) is 115 cm³/mol. The summed E-state index contributed by atoms with van der Waals surface area (Å²) in [6.07, 6.45) is 0. The second-order valence-corrected chi connectivity index (χ2v) is 6.95. The molecule has 31 heavy (non-hydrogen) atoms. The van der Waals surface area contributed by atoms with E-state index in [1.54, 1.807) is 12.1 Å². The minimum atomic E-state index is -1.27. The van der Waals surface area contributed by atoms with Gasteiger partial charge in [-0.25, -0.2) is 0 Å². The third-order valence-corrected chi connectivity index (χ3v) is 4.92. The van der Waals surface area contributed by atoms with Gasteiger partial charge in [-0.1, -0.05) is 30.3 Å². The number of fused-ring (bicyclic) bond motifs is 2. The summed E-state index contributed by atoms with van der Waals surface area (Å²) in [6, 6.07) is 18.2. The first kappa shape index (κ1) is 20.0. The quantitative estimate of drug-likeness (QED) is 0.459. The van der Waals surface area contributed by atoms with Crippen LogP contribution in [0.15, 0.2) is 65.5 Å². The number of carboxylic acids is 1. The fourth-order valence-electron chi connectivity index (χ4n) is 3.39. The number of nitrogens with zero attached hydrogens (tertiary/aromatic N) is 1. The maximum absolute atomic E-state index is 12.6. The lowest BCUT2D eigenvalue weighted by Crippen LogP contribution is -2.35. The van der Waals surface area contributed by atoms with Gasteiger partial charge in [0, 0.05) is 12.4 Å². The minimum Gasteiger partial charge on any atom is -0.506 e. The topological polar surface area (TPSA) is 118 Å². The van der Waals surface area contributed by atoms with E-state index in [0.29, 0.717) is 17.0 Å². The molecule has 1 amide bonds. The second-order valence-electron chi connectivity index (χ2n) is 6.95. The zero-order chi connectivity index (χ0) is 22.1. The molecule has 3 N–H and O–H groups in total. The summed E-state index contributed by atoms with van der Waals surface area (Å²) < 4.78 is 7.14. The van der Waals surface area contributed by atoms with Crippen LogP contribution in [0.3, 0.4) is 0 Å². The molecule has 3 aromatic carbocycles. The van der Waals surface area contributed by atoms with Gasteiger partial charge in [0.15, 0.2) is 0 Å². The number of amides is 1. The van der Waals surface area contributed by atoms with Gasteiger partial charge < -0.3 is 24.8 Å². The summed E-state index contributed by atoms with van der Waals surface area (Å²) >= 11 is 0. The zero-order valence-corrected chi connectivity index (χ0v) is 16.5. The van der Waals surface area contributed by atoms with Gasteiger partial charge in [0.25, 0.3) is 11.5 Å². The van der Waals surface area contributed by atoms with Crippen LogP contribution < -0.4 is 15.6 Å². The molecule has 0 fully saturated rings. The fourth-order valence-corrected chi connectivity index (χ4v) is 3.39. The number of aromatic hydroxyl groups is 1. The van der Waals surface area contributed by atoms with Gasteiger partial charge in [-0.15, -0.1) is 0 Å². The predicted octanol–water partition coefficient (Wildman–Crippen LogP) is 3.00. The van der Waals surface area contributed by atoms with Gasteiger partial charge in [0.1, 0.15) is 29.4 Å². The highest BCUT2D eigenvalue weighted by molar-refractivity contribution is 6.03. The highest BCUT2D eigenvalue weighted by atomic mass is 16.5. The van der Waals surface area contributed by atoms with Crippen molar-refractivity contribution < 1.29 is 24.5 Å². The maximum Gasteiger partial charge on any atom is 0.322 e. The largest absolute Gasteiger partial charge is 0.506 e. The van der Waals surface area contributed by atoms with Gasteiger partial charge in [0.2, 0.25) is 0 Å². The average Bonchev–Trinajstić information content (AvgIpc) is 2.76. The molecular weight excluding hydrogens is 400 g/mol. The standard InChI is InChI=1S/C23H18N2O6/c1-25-18-9-8-16(31-15-7-6-13-4-2-3-5-14(13)10-15)11-17(18)21(28)20(23(25)30)22(29)24-12-19(26)27/h2-11,28H,12H2,1H3,(H,24,29)(H,26,27). The first-order chi connectivity index (χ1) is 14.8. The Bertz CT molecular complexity index is 1410. The Morgan fingerprint density at radius 2 is 1.68 bits per heavy atom. The van der Waals surface area contributed by atoms with E-state index in [2.05, 4.69) is 5.32 Å². The zero-order valence-electron chi connectivity index (χ0n) is 16.5. The molecule has 1 aromatic heterocycles. The first-order valence-corrected chi connectivity index (χ1v) is 9.37. The Labute approximate surface area is 175 Å². The van der Waals surface area contributed by atoms with E-state index in [0.717, 1.165) is 10.8 Å². The molecule has 0 aliphatic carbocycles. The Morgan fingerprint density at radius 1 is 1.00 bits per heavy atom. The number of pyridine rings is 1. The van der Waals surface area contributed by atoms with Crippen molar-refractivity contribution in [2.75, 3.05) is 6.54 Å². The smallest absolute Gasteiger partial charge is 0.322 e.